The Bertz CT molecular complexity index is 970. The third-order valence-corrected chi connectivity index (χ3v) is 4.97. The lowest BCUT2D eigenvalue weighted by molar-refractivity contribution is -0.131. The van der Waals surface area contributed by atoms with Gasteiger partial charge in [0.2, 0.25) is 5.91 Å². The average Bonchev–Trinajstić information content (AvgIpc) is 3.26. The largest absolute Gasteiger partial charge is 0.361 e. The Kier molecular flexibility index (Phi) is 3.97. The maximum atomic E-state index is 12.9. The fourth-order valence-electron chi connectivity index (χ4n) is 3.85. The maximum Gasteiger partial charge on any atom is 0.252 e. The van der Waals surface area contributed by atoms with Gasteiger partial charge in [-0.15, -0.1) is 5.10 Å². The molecule has 1 atom stereocenters. The van der Waals surface area contributed by atoms with Gasteiger partial charge in [0.05, 0.1) is 18.2 Å². The first-order valence-electron chi connectivity index (χ1n) is 8.86. The van der Waals surface area contributed by atoms with Crippen LogP contribution in [0, 0.1) is 27.7 Å². The minimum Gasteiger partial charge on any atom is -0.361 e. The van der Waals surface area contributed by atoms with Crippen LogP contribution in [0.25, 0.3) is 5.78 Å². The van der Waals surface area contributed by atoms with Crippen LogP contribution < -0.4 is 0 Å². The van der Waals surface area contributed by atoms with Crippen LogP contribution in [0.1, 0.15) is 53.1 Å². The number of carbonyl (C=O) groups is 1. The molecular formula is C18H22N6O2. The zero-order valence-electron chi connectivity index (χ0n) is 15.5. The number of rotatable bonds is 3. The van der Waals surface area contributed by atoms with Crippen LogP contribution in [0.5, 0.6) is 0 Å². The third kappa shape index (κ3) is 2.75. The van der Waals surface area contributed by atoms with Gasteiger partial charge in [0.1, 0.15) is 5.76 Å². The highest BCUT2D eigenvalue weighted by Gasteiger charge is 2.34. The molecule has 3 aromatic rings. The van der Waals surface area contributed by atoms with Gasteiger partial charge in [-0.2, -0.15) is 4.98 Å². The van der Waals surface area contributed by atoms with Crippen molar-refractivity contribution in [1.29, 1.82) is 0 Å². The Hall–Kier alpha value is -2.77. The molecule has 0 aromatic carbocycles. The zero-order valence-corrected chi connectivity index (χ0v) is 15.5. The highest BCUT2D eigenvalue weighted by Crippen LogP contribution is 2.35. The van der Waals surface area contributed by atoms with Crippen LogP contribution in [0.15, 0.2) is 10.6 Å². The lowest BCUT2D eigenvalue weighted by Gasteiger charge is -2.24. The monoisotopic (exact) mass is 354 g/mol. The molecule has 0 saturated carbocycles. The molecule has 1 fully saturated rings. The van der Waals surface area contributed by atoms with E-state index in [9.17, 15) is 4.79 Å². The summed E-state index contributed by atoms with van der Waals surface area (Å²) in [5, 5.41) is 8.49. The SMILES string of the molecule is Cc1cc(C)n2nc(CC(=O)N3CCCC3c3c(C)noc3C)nc2n1. The van der Waals surface area contributed by atoms with Crippen molar-refractivity contribution in [1.82, 2.24) is 29.6 Å². The molecule has 26 heavy (non-hydrogen) atoms. The molecule has 1 amide bonds. The molecule has 1 aliphatic heterocycles. The molecule has 4 rings (SSSR count). The van der Waals surface area contributed by atoms with E-state index in [-0.39, 0.29) is 18.4 Å². The van der Waals surface area contributed by atoms with Crippen LogP contribution in [-0.4, -0.2) is 42.1 Å². The molecule has 0 spiro atoms. The quantitative estimate of drug-likeness (QED) is 0.717. The second-order valence-corrected chi connectivity index (χ2v) is 6.94. The lowest BCUT2D eigenvalue weighted by atomic mass is 10.0. The number of likely N-dealkylation sites (tertiary alicyclic amines) is 1. The van der Waals surface area contributed by atoms with E-state index in [1.54, 1.807) is 4.52 Å². The van der Waals surface area contributed by atoms with E-state index in [0.29, 0.717) is 11.6 Å². The molecule has 0 bridgehead atoms. The summed E-state index contributed by atoms with van der Waals surface area (Å²) in [7, 11) is 0. The van der Waals surface area contributed by atoms with Gasteiger partial charge in [-0.1, -0.05) is 5.16 Å². The number of carbonyl (C=O) groups excluding carboxylic acids is 1. The predicted molar refractivity (Wildman–Crippen MR) is 93.6 cm³/mol. The van der Waals surface area contributed by atoms with Crippen LogP contribution >= 0.6 is 0 Å². The van der Waals surface area contributed by atoms with E-state index >= 15 is 0 Å². The van der Waals surface area contributed by atoms with Crippen molar-refractivity contribution in [3.63, 3.8) is 0 Å². The number of fused-ring (bicyclic) bond motifs is 1. The standard InChI is InChI=1S/C18H22N6O2/c1-10-8-11(2)24-18(19-10)20-15(21-24)9-16(25)23-7-5-6-14(23)17-12(3)22-26-13(17)4/h8,14H,5-7,9H2,1-4H3. The van der Waals surface area contributed by atoms with Gasteiger partial charge in [0, 0.05) is 23.5 Å². The van der Waals surface area contributed by atoms with E-state index < -0.39 is 0 Å². The third-order valence-electron chi connectivity index (χ3n) is 4.97. The molecule has 3 aromatic heterocycles. The van der Waals surface area contributed by atoms with E-state index in [0.717, 1.165) is 47.8 Å². The summed E-state index contributed by atoms with van der Waals surface area (Å²) in [5.74, 6) is 1.85. The van der Waals surface area contributed by atoms with Crippen LogP contribution in [0.4, 0.5) is 0 Å². The molecule has 0 aliphatic carbocycles. The Morgan fingerprint density at radius 3 is 2.81 bits per heavy atom. The first-order valence-corrected chi connectivity index (χ1v) is 8.86. The van der Waals surface area contributed by atoms with Gasteiger partial charge in [0.25, 0.3) is 5.78 Å². The van der Waals surface area contributed by atoms with E-state index in [4.69, 9.17) is 4.52 Å². The van der Waals surface area contributed by atoms with E-state index in [2.05, 4.69) is 20.2 Å². The van der Waals surface area contributed by atoms with Gasteiger partial charge in [-0.05, 0) is 46.6 Å². The Morgan fingerprint density at radius 1 is 1.27 bits per heavy atom. The summed E-state index contributed by atoms with van der Waals surface area (Å²) in [5.41, 5.74) is 3.73. The highest BCUT2D eigenvalue weighted by atomic mass is 16.5. The minimum absolute atomic E-state index is 0.0212. The average molecular weight is 354 g/mol. The van der Waals surface area contributed by atoms with Crippen LogP contribution in [-0.2, 0) is 11.2 Å². The topological polar surface area (TPSA) is 89.4 Å². The summed E-state index contributed by atoms with van der Waals surface area (Å²) in [4.78, 5) is 23.7. The van der Waals surface area contributed by atoms with Crippen molar-refractivity contribution in [3.05, 3.63) is 40.3 Å². The minimum atomic E-state index is 0.0212. The summed E-state index contributed by atoms with van der Waals surface area (Å²) in [6, 6.07) is 1.97. The number of hydrogen-bond acceptors (Lipinski definition) is 6. The van der Waals surface area contributed by atoms with Crippen LogP contribution in [0.3, 0.4) is 0 Å². The van der Waals surface area contributed by atoms with Crippen LogP contribution in [0.2, 0.25) is 0 Å². The van der Waals surface area contributed by atoms with Crippen molar-refractivity contribution in [3.8, 4) is 0 Å². The van der Waals surface area contributed by atoms with Gasteiger partial charge < -0.3 is 9.42 Å². The normalized spacial score (nSPS) is 17.4. The van der Waals surface area contributed by atoms with Gasteiger partial charge >= 0.3 is 0 Å². The van der Waals surface area contributed by atoms with Crippen molar-refractivity contribution < 1.29 is 9.32 Å². The molecule has 136 valence electrons. The molecule has 8 heteroatoms. The Morgan fingerprint density at radius 2 is 2.08 bits per heavy atom. The second kappa shape index (κ2) is 6.19. The molecule has 0 N–H and O–H groups in total. The van der Waals surface area contributed by atoms with Crippen molar-refractivity contribution in [2.24, 2.45) is 0 Å². The van der Waals surface area contributed by atoms with E-state index in [1.165, 1.54) is 0 Å². The van der Waals surface area contributed by atoms with Crippen molar-refractivity contribution >= 4 is 11.7 Å². The van der Waals surface area contributed by atoms with Gasteiger partial charge in [0.15, 0.2) is 5.82 Å². The van der Waals surface area contributed by atoms with Crippen molar-refractivity contribution in [2.45, 2.75) is 53.0 Å². The molecule has 8 nitrogen and oxygen atoms in total. The van der Waals surface area contributed by atoms with Crippen molar-refractivity contribution in [2.75, 3.05) is 6.54 Å². The first-order chi connectivity index (χ1) is 12.4. The van der Waals surface area contributed by atoms with E-state index in [1.807, 2.05) is 38.7 Å². The molecule has 1 aliphatic rings. The fourth-order valence-corrected chi connectivity index (χ4v) is 3.85. The van der Waals surface area contributed by atoms with Gasteiger partial charge in [-0.25, -0.2) is 9.50 Å². The predicted octanol–water partition coefficient (Wildman–Crippen LogP) is 2.25. The van der Waals surface area contributed by atoms with Gasteiger partial charge in [-0.3, -0.25) is 4.79 Å². The molecule has 1 unspecified atom stereocenters. The summed E-state index contributed by atoms with van der Waals surface area (Å²) in [6.45, 7) is 8.43. The molecule has 1 saturated heterocycles. The number of amides is 1. The maximum absolute atomic E-state index is 12.9. The summed E-state index contributed by atoms with van der Waals surface area (Å²) in [6.07, 6.45) is 2.06. The second-order valence-electron chi connectivity index (χ2n) is 6.94. The molecule has 0 radical (unpaired) electrons. The first kappa shape index (κ1) is 16.7. The number of nitrogens with zero attached hydrogens (tertiary/aromatic N) is 6. The summed E-state index contributed by atoms with van der Waals surface area (Å²) < 4.78 is 6.98. The highest BCUT2D eigenvalue weighted by molar-refractivity contribution is 5.79. The molecule has 4 heterocycles. The fraction of sp³-hybridized carbons (Fsp3) is 0.500. The Labute approximate surface area is 151 Å². The number of aromatic nitrogens is 5. The lowest BCUT2D eigenvalue weighted by Crippen LogP contribution is -2.32. The molecular weight excluding hydrogens is 332 g/mol. The Balaban J connectivity index is 1.59. The number of aryl methyl sites for hydroxylation is 4. The number of hydrogen-bond donors (Lipinski definition) is 0. The zero-order chi connectivity index (χ0) is 18.4. The summed E-state index contributed by atoms with van der Waals surface area (Å²) >= 11 is 0. The smallest absolute Gasteiger partial charge is 0.252 e.